The Hall–Kier alpha value is -0.610. The van der Waals surface area contributed by atoms with Crippen molar-refractivity contribution in [1.82, 2.24) is 9.88 Å². The van der Waals surface area contributed by atoms with Crippen LogP contribution in [0.1, 0.15) is 25.7 Å². The molecule has 1 aliphatic carbocycles. The third kappa shape index (κ3) is 3.96. The maximum absolute atomic E-state index is 4.30. The quantitative estimate of drug-likeness (QED) is 0.905. The average molecular weight is 298 g/mol. The number of nitrogens with zero attached hydrogens (tertiary/aromatic N) is 2. The Balaban J connectivity index is 1.70. The lowest BCUT2D eigenvalue weighted by Gasteiger charge is -2.24. The number of likely N-dealkylation sites (N-methyl/N-ethyl adjacent to an activating group) is 1. The molecule has 1 aromatic heterocycles. The van der Waals surface area contributed by atoms with Crippen LogP contribution in [-0.2, 0) is 0 Å². The highest BCUT2D eigenvalue weighted by Gasteiger charge is 2.18. The molecule has 94 valence electrons. The molecule has 1 N–H and O–H groups in total. The zero-order chi connectivity index (χ0) is 12.1. The number of rotatable bonds is 5. The minimum Gasteiger partial charge on any atom is -0.369 e. The largest absolute Gasteiger partial charge is 0.369 e. The number of pyridine rings is 1. The molecule has 1 heterocycles. The van der Waals surface area contributed by atoms with Gasteiger partial charge in [-0.3, -0.25) is 0 Å². The summed E-state index contributed by atoms with van der Waals surface area (Å²) in [7, 11) is 2.23. The molecule has 1 saturated carbocycles. The highest BCUT2D eigenvalue weighted by molar-refractivity contribution is 9.10. The van der Waals surface area contributed by atoms with E-state index in [1.165, 1.54) is 25.7 Å². The van der Waals surface area contributed by atoms with Gasteiger partial charge in [-0.25, -0.2) is 4.98 Å². The van der Waals surface area contributed by atoms with Gasteiger partial charge in [0.1, 0.15) is 5.82 Å². The minimum atomic E-state index is 0.801. The van der Waals surface area contributed by atoms with E-state index in [0.717, 1.165) is 29.4 Å². The van der Waals surface area contributed by atoms with Crippen LogP contribution in [0.3, 0.4) is 0 Å². The minimum absolute atomic E-state index is 0.801. The predicted octanol–water partition coefficient (Wildman–Crippen LogP) is 3.13. The van der Waals surface area contributed by atoms with Crippen LogP contribution in [-0.4, -0.2) is 36.1 Å². The zero-order valence-electron chi connectivity index (χ0n) is 10.3. The number of anilines is 1. The van der Waals surface area contributed by atoms with Crippen LogP contribution in [0.5, 0.6) is 0 Å². The van der Waals surface area contributed by atoms with Crippen molar-refractivity contribution in [1.29, 1.82) is 0 Å². The molecule has 0 amide bonds. The van der Waals surface area contributed by atoms with Crippen molar-refractivity contribution in [2.75, 3.05) is 25.5 Å². The smallest absolute Gasteiger partial charge is 0.126 e. The van der Waals surface area contributed by atoms with E-state index in [0.29, 0.717) is 0 Å². The Bertz CT molecular complexity index is 333. The number of nitrogens with one attached hydrogen (secondary N) is 1. The first-order chi connectivity index (χ1) is 8.25. The standard InChI is InChI=1S/C13H20BrN3/c1-17(12-4-2-3-5-12)9-8-15-13-7-6-11(14)10-16-13/h6-7,10,12H,2-5,8-9H2,1H3,(H,15,16). The Morgan fingerprint density at radius 1 is 1.41 bits per heavy atom. The molecule has 0 aliphatic heterocycles. The van der Waals surface area contributed by atoms with E-state index in [1.807, 2.05) is 18.3 Å². The van der Waals surface area contributed by atoms with Crippen molar-refractivity contribution in [3.05, 3.63) is 22.8 Å². The summed E-state index contributed by atoms with van der Waals surface area (Å²) in [5.74, 6) is 0.952. The van der Waals surface area contributed by atoms with Gasteiger partial charge in [-0.15, -0.1) is 0 Å². The van der Waals surface area contributed by atoms with Crippen LogP contribution in [0.25, 0.3) is 0 Å². The molecule has 2 rings (SSSR count). The number of aromatic nitrogens is 1. The van der Waals surface area contributed by atoms with Gasteiger partial charge in [-0.05, 0) is 48.0 Å². The van der Waals surface area contributed by atoms with Gasteiger partial charge >= 0.3 is 0 Å². The topological polar surface area (TPSA) is 28.2 Å². The fourth-order valence-corrected chi connectivity index (χ4v) is 2.60. The van der Waals surface area contributed by atoms with E-state index in [9.17, 15) is 0 Å². The summed E-state index contributed by atoms with van der Waals surface area (Å²) in [6, 6.07) is 4.81. The van der Waals surface area contributed by atoms with Gasteiger partial charge in [0, 0.05) is 29.8 Å². The molecule has 3 nitrogen and oxygen atoms in total. The highest BCUT2D eigenvalue weighted by Crippen LogP contribution is 2.21. The summed E-state index contributed by atoms with van der Waals surface area (Å²) in [5, 5.41) is 3.35. The number of halogens is 1. The van der Waals surface area contributed by atoms with E-state index >= 15 is 0 Å². The van der Waals surface area contributed by atoms with Crippen LogP contribution in [0, 0.1) is 0 Å². The predicted molar refractivity (Wildman–Crippen MR) is 75.3 cm³/mol. The zero-order valence-corrected chi connectivity index (χ0v) is 11.9. The van der Waals surface area contributed by atoms with Crippen molar-refractivity contribution in [3.8, 4) is 0 Å². The Morgan fingerprint density at radius 2 is 2.18 bits per heavy atom. The maximum atomic E-state index is 4.30. The maximum Gasteiger partial charge on any atom is 0.126 e. The van der Waals surface area contributed by atoms with E-state index in [4.69, 9.17) is 0 Å². The van der Waals surface area contributed by atoms with Gasteiger partial charge < -0.3 is 10.2 Å². The third-order valence-corrected chi connectivity index (χ3v) is 3.92. The van der Waals surface area contributed by atoms with Crippen LogP contribution >= 0.6 is 15.9 Å². The number of hydrogen-bond donors (Lipinski definition) is 1. The molecule has 0 spiro atoms. The molecular formula is C13H20BrN3. The SMILES string of the molecule is CN(CCNc1ccc(Br)cn1)C1CCCC1. The molecule has 0 bridgehead atoms. The Morgan fingerprint density at radius 3 is 2.82 bits per heavy atom. The lowest BCUT2D eigenvalue weighted by molar-refractivity contribution is 0.254. The van der Waals surface area contributed by atoms with Crippen molar-refractivity contribution in [2.45, 2.75) is 31.7 Å². The molecule has 4 heteroatoms. The van der Waals surface area contributed by atoms with E-state index < -0.39 is 0 Å². The van der Waals surface area contributed by atoms with Crippen LogP contribution < -0.4 is 5.32 Å². The monoisotopic (exact) mass is 297 g/mol. The van der Waals surface area contributed by atoms with Crippen molar-refractivity contribution >= 4 is 21.7 Å². The van der Waals surface area contributed by atoms with Gasteiger partial charge in [0.05, 0.1) is 0 Å². The molecular weight excluding hydrogens is 278 g/mol. The van der Waals surface area contributed by atoms with Gasteiger partial charge in [-0.2, -0.15) is 0 Å². The van der Waals surface area contributed by atoms with Crippen LogP contribution in [0.15, 0.2) is 22.8 Å². The number of hydrogen-bond acceptors (Lipinski definition) is 3. The van der Waals surface area contributed by atoms with E-state index in [2.05, 4.69) is 38.2 Å². The second-order valence-corrected chi connectivity index (χ2v) is 5.62. The summed E-state index contributed by atoms with van der Waals surface area (Å²) in [6.07, 6.45) is 7.36. The third-order valence-electron chi connectivity index (χ3n) is 3.45. The molecule has 0 radical (unpaired) electrons. The molecule has 1 aliphatic rings. The lowest BCUT2D eigenvalue weighted by Crippen LogP contribution is -2.33. The first-order valence-electron chi connectivity index (χ1n) is 6.31. The average Bonchev–Trinajstić information content (AvgIpc) is 2.85. The summed E-state index contributed by atoms with van der Waals surface area (Å²) < 4.78 is 1.02. The summed E-state index contributed by atoms with van der Waals surface area (Å²) in [4.78, 5) is 6.77. The normalized spacial score (nSPS) is 16.6. The van der Waals surface area contributed by atoms with Crippen LogP contribution in [0.4, 0.5) is 5.82 Å². The second-order valence-electron chi connectivity index (χ2n) is 4.71. The first kappa shape index (κ1) is 12.8. The van der Waals surface area contributed by atoms with E-state index in [-0.39, 0.29) is 0 Å². The van der Waals surface area contributed by atoms with Gasteiger partial charge in [0.2, 0.25) is 0 Å². The molecule has 17 heavy (non-hydrogen) atoms. The molecule has 0 saturated heterocycles. The molecule has 0 aromatic carbocycles. The van der Waals surface area contributed by atoms with Crippen LogP contribution in [0.2, 0.25) is 0 Å². The molecule has 0 unspecified atom stereocenters. The van der Waals surface area contributed by atoms with Gasteiger partial charge in [-0.1, -0.05) is 12.8 Å². The second kappa shape index (κ2) is 6.36. The highest BCUT2D eigenvalue weighted by atomic mass is 79.9. The van der Waals surface area contributed by atoms with Crippen molar-refractivity contribution in [2.24, 2.45) is 0 Å². The molecule has 0 atom stereocenters. The Labute approximate surface area is 112 Å². The van der Waals surface area contributed by atoms with Gasteiger partial charge in [0.15, 0.2) is 0 Å². The summed E-state index contributed by atoms with van der Waals surface area (Å²) >= 11 is 3.38. The first-order valence-corrected chi connectivity index (χ1v) is 7.10. The van der Waals surface area contributed by atoms with Crippen molar-refractivity contribution < 1.29 is 0 Å². The lowest BCUT2D eigenvalue weighted by atomic mass is 10.2. The molecule has 1 fully saturated rings. The fourth-order valence-electron chi connectivity index (χ4n) is 2.37. The van der Waals surface area contributed by atoms with Crippen molar-refractivity contribution in [3.63, 3.8) is 0 Å². The summed E-state index contributed by atoms with van der Waals surface area (Å²) in [5.41, 5.74) is 0. The Kier molecular flexibility index (Phi) is 4.80. The van der Waals surface area contributed by atoms with Gasteiger partial charge in [0.25, 0.3) is 0 Å². The van der Waals surface area contributed by atoms with E-state index in [1.54, 1.807) is 0 Å². The summed E-state index contributed by atoms with van der Waals surface area (Å²) in [6.45, 7) is 2.05. The fraction of sp³-hybridized carbons (Fsp3) is 0.615. The molecule has 1 aromatic rings.